The first kappa shape index (κ1) is 16.4. The van der Waals surface area contributed by atoms with E-state index < -0.39 is 16.3 Å². The molecule has 1 aliphatic rings. The Morgan fingerprint density at radius 3 is 2.37 bits per heavy atom. The summed E-state index contributed by atoms with van der Waals surface area (Å²) in [6.45, 7) is 4.25. The van der Waals surface area contributed by atoms with Crippen LogP contribution in [0.1, 0.15) is 46.0 Å². The van der Waals surface area contributed by atoms with Gasteiger partial charge in [-0.15, -0.1) is 0 Å². The SMILES string of the molecule is CC(C)CNS(=O)(=O)NC(C(=N)N)C1CCCCC1. The third-order valence-electron chi connectivity index (χ3n) is 3.42. The van der Waals surface area contributed by atoms with Gasteiger partial charge in [0, 0.05) is 6.54 Å². The number of amidine groups is 1. The minimum absolute atomic E-state index is 0.0955. The number of nitrogens with two attached hydrogens (primary N) is 1. The molecule has 7 heteroatoms. The predicted molar refractivity (Wildman–Crippen MR) is 77.2 cm³/mol. The lowest BCUT2D eigenvalue weighted by molar-refractivity contribution is 0.327. The van der Waals surface area contributed by atoms with Crippen LogP contribution in [-0.4, -0.2) is 26.8 Å². The lowest BCUT2D eigenvalue weighted by Crippen LogP contribution is -2.52. The molecule has 1 unspecified atom stereocenters. The van der Waals surface area contributed by atoms with Gasteiger partial charge in [-0.05, 0) is 24.7 Å². The first-order valence-electron chi connectivity index (χ1n) is 6.92. The van der Waals surface area contributed by atoms with Crippen molar-refractivity contribution in [3.8, 4) is 0 Å². The maximum absolute atomic E-state index is 11.9. The van der Waals surface area contributed by atoms with Crippen LogP contribution < -0.4 is 15.2 Å². The van der Waals surface area contributed by atoms with Crippen LogP contribution in [0.15, 0.2) is 0 Å². The Hall–Kier alpha value is -0.660. The summed E-state index contributed by atoms with van der Waals surface area (Å²) in [6.07, 6.45) is 5.19. The van der Waals surface area contributed by atoms with Gasteiger partial charge < -0.3 is 5.73 Å². The van der Waals surface area contributed by atoms with Crippen molar-refractivity contribution in [1.29, 1.82) is 5.41 Å². The third kappa shape index (κ3) is 5.88. The summed E-state index contributed by atoms with van der Waals surface area (Å²) < 4.78 is 28.9. The number of hydrogen-bond acceptors (Lipinski definition) is 3. The van der Waals surface area contributed by atoms with Gasteiger partial charge in [-0.2, -0.15) is 13.1 Å². The van der Waals surface area contributed by atoms with E-state index in [1.807, 2.05) is 13.8 Å². The molecule has 19 heavy (non-hydrogen) atoms. The maximum atomic E-state index is 11.9. The fourth-order valence-corrected chi connectivity index (χ4v) is 3.66. The van der Waals surface area contributed by atoms with Crippen LogP contribution in [0.2, 0.25) is 0 Å². The second kappa shape index (κ2) is 7.21. The van der Waals surface area contributed by atoms with Crippen molar-refractivity contribution in [2.24, 2.45) is 17.6 Å². The van der Waals surface area contributed by atoms with E-state index in [0.29, 0.717) is 6.54 Å². The molecular weight excluding hydrogens is 264 g/mol. The van der Waals surface area contributed by atoms with Crippen LogP contribution >= 0.6 is 0 Å². The van der Waals surface area contributed by atoms with Gasteiger partial charge in [-0.25, -0.2) is 4.72 Å². The molecule has 5 N–H and O–H groups in total. The molecule has 1 fully saturated rings. The minimum Gasteiger partial charge on any atom is -0.386 e. The fraction of sp³-hybridized carbons (Fsp3) is 0.917. The van der Waals surface area contributed by atoms with Gasteiger partial charge in [-0.1, -0.05) is 33.1 Å². The van der Waals surface area contributed by atoms with Crippen molar-refractivity contribution < 1.29 is 8.42 Å². The molecule has 0 aromatic rings. The first-order valence-corrected chi connectivity index (χ1v) is 8.41. The van der Waals surface area contributed by atoms with E-state index in [4.69, 9.17) is 11.1 Å². The Kier molecular flexibility index (Phi) is 6.22. The molecule has 0 aromatic heterocycles. The van der Waals surface area contributed by atoms with Crippen molar-refractivity contribution in [2.45, 2.75) is 52.0 Å². The highest BCUT2D eigenvalue weighted by molar-refractivity contribution is 7.87. The van der Waals surface area contributed by atoms with E-state index >= 15 is 0 Å². The molecule has 112 valence electrons. The van der Waals surface area contributed by atoms with E-state index in [-0.39, 0.29) is 17.7 Å². The lowest BCUT2D eigenvalue weighted by Gasteiger charge is -2.29. The third-order valence-corrected chi connectivity index (χ3v) is 4.53. The minimum atomic E-state index is -3.59. The monoisotopic (exact) mass is 290 g/mol. The molecule has 0 amide bonds. The molecule has 1 atom stereocenters. The van der Waals surface area contributed by atoms with Crippen LogP contribution in [0.5, 0.6) is 0 Å². The standard InChI is InChI=1S/C12H26N4O2S/c1-9(2)8-15-19(17,18)16-11(12(13)14)10-6-4-3-5-7-10/h9-11,15-16H,3-8H2,1-2H3,(H3,13,14). The molecule has 0 bridgehead atoms. The lowest BCUT2D eigenvalue weighted by atomic mass is 9.84. The van der Waals surface area contributed by atoms with Crippen LogP contribution in [0.4, 0.5) is 0 Å². The van der Waals surface area contributed by atoms with Crippen LogP contribution in [0.3, 0.4) is 0 Å². The number of hydrogen-bond donors (Lipinski definition) is 4. The van der Waals surface area contributed by atoms with Gasteiger partial charge in [0.05, 0.1) is 6.04 Å². The molecule has 0 spiro atoms. The number of rotatable bonds is 7. The molecule has 0 saturated heterocycles. The normalized spacial score (nSPS) is 19.5. The van der Waals surface area contributed by atoms with E-state index in [9.17, 15) is 8.42 Å². The zero-order valence-corrected chi connectivity index (χ0v) is 12.6. The maximum Gasteiger partial charge on any atom is 0.277 e. The zero-order valence-electron chi connectivity index (χ0n) is 11.8. The Labute approximate surface area is 116 Å². The Morgan fingerprint density at radius 1 is 1.32 bits per heavy atom. The van der Waals surface area contributed by atoms with Crippen LogP contribution in [0, 0.1) is 17.2 Å². The zero-order chi connectivity index (χ0) is 14.5. The summed E-state index contributed by atoms with van der Waals surface area (Å²) in [5.41, 5.74) is 5.56. The second-order valence-electron chi connectivity index (χ2n) is 5.69. The average Bonchev–Trinajstić information content (AvgIpc) is 2.35. The van der Waals surface area contributed by atoms with E-state index in [1.165, 1.54) is 6.42 Å². The van der Waals surface area contributed by atoms with Gasteiger partial charge in [0.15, 0.2) is 0 Å². The molecule has 6 nitrogen and oxygen atoms in total. The van der Waals surface area contributed by atoms with Crippen molar-refractivity contribution >= 4 is 16.0 Å². The van der Waals surface area contributed by atoms with E-state index in [1.54, 1.807) is 0 Å². The summed E-state index contributed by atoms with van der Waals surface area (Å²) in [6, 6.07) is -0.579. The molecule has 0 radical (unpaired) electrons. The molecule has 0 aromatic carbocycles. The summed E-state index contributed by atoms with van der Waals surface area (Å²) >= 11 is 0. The fourth-order valence-electron chi connectivity index (χ4n) is 2.37. The highest BCUT2D eigenvalue weighted by atomic mass is 32.2. The van der Waals surface area contributed by atoms with Gasteiger partial charge in [-0.3, -0.25) is 5.41 Å². The molecular formula is C12H26N4O2S. The van der Waals surface area contributed by atoms with Crippen LogP contribution in [-0.2, 0) is 10.2 Å². The molecule has 0 heterocycles. The Bertz CT molecular complexity index is 389. The first-order chi connectivity index (χ1) is 8.82. The largest absolute Gasteiger partial charge is 0.386 e. The summed E-state index contributed by atoms with van der Waals surface area (Å²) in [7, 11) is -3.59. The van der Waals surface area contributed by atoms with Gasteiger partial charge in [0.1, 0.15) is 5.84 Å². The molecule has 0 aliphatic heterocycles. The van der Waals surface area contributed by atoms with E-state index in [0.717, 1.165) is 25.7 Å². The topological polar surface area (TPSA) is 108 Å². The van der Waals surface area contributed by atoms with E-state index in [2.05, 4.69) is 9.44 Å². The second-order valence-corrected chi connectivity index (χ2v) is 7.23. The molecule has 1 saturated carbocycles. The molecule has 1 aliphatic carbocycles. The van der Waals surface area contributed by atoms with Gasteiger partial charge in [0.25, 0.3) is 10.2 Å². The highest BCUT2D eigenvalue weighted by Gasteiger charge is 2.29. The van der Waals surface area contributed by atoms with Gasteiger partial charge >= 0.3 is 0 Å². The summed E-state index contributed by atoms with van der Waals surface area (Å²) in [5, 5.41) is 7.61. The average molecular weight is 290 g/mol. The van der Waals surface area contributed by atoms with Gasteiger partial charge in [0.2, 0.25) is 0 Å². The van der Waals surface area contributed by atoms with Crippen molar-refractivity contribution in [3.05, 3.63) is 0 Å². The molecule has 1 rings (SSSR count). The van der Waals surface area contributed by atoms with Crippen molar-refractivity contribution in [2.75, 3.05) is 6.54 Å². The summed E-state index contributed by atoms with van der Waals surface area (Å²) in [4.78, 5) is 0. The predicted octanol–water partition coefficient (Wildman–Crippen LogP) is 0.951. The summed E-state index contributed by atoms with van der Waals surface area (Å²) in [5.74, 6) is 0.283. The smallest absolute Gasteiger partial charge is 0.277 e. The van der Waals surface area contributed by atoms with Crippen molar-refractivity contribution in [1.82, 2.24) is 9.44 Å². The highest BCUT2D eigenvalue weighted by Crippen LogP contribution is 2.26. The Morgan fingerprint density at radius 2 is 1.89 bits per heavy atom. The number of nitrogens with one attached hydrogen (secondary N) is 3. The van der Waals surface area contributed by atoms with Crippen LogP contribution in [0.25, 0.3) is 0 Å². The Balaban J connectivity index is 2.64. The quantitative estimate of drug-likeness (QED) is 0.414. The van der Waals surface area contributed by atoms with Crippen molar-refractivity contribution in [3.63, 3.8) is 0 Å².